The van der Waals surface area contributed by atoms with Gasteiger partial charge in [0, 0.05) is 16.3 Å². The second-order valence-electron chi connectivity index (χ2n) is 5.92. The number of carbonyl (C=O) groups is 2. The number of rotatable bonds is 6. The first-order valence-corrected chi connectivity index (χ1v) is 9.76. The van der Waals surface area contributed by atoms with Crippen LogP contribution in [0.5, 0.6) is 0 Å². The van der Waals surface area contributed by atoms with Gasteiger partial charge in [0.1, 0.15) is 5.03 Å². The van der Waals surface area contributed by atoms with Gasteiger partial charge in [-0.3, -0.25) is 9.59 Å². The molecule has 8 heteroatoms. The third-order valence-corrected chi connectivity index (χ3v) is 4.85. The lowest BCUT2D eigenvalue weighted by Crippen LogP contribution is -2.14. The number of halogens is 1. The van der Waals surface area contributed by atoms with E-state index in [-0.39, 0.29) is 17.6 Å². The first kappa shape index (κ1) is 19.9. The van der Waals surface area contributed by atoms with E-state index < -0.39 is 0 Å². The van der Waals surface area contributed by atoms with E-state index in [1.165, 1.54) is 11.8 Å². The van der Waals surface area contributed by atoms with Crippen LogP contribution in [0.25, 0.3) is 0 Å². The topological polar surface area (TPSA) is 84.0 Å². The molecule has 2 aromatic carbocycles. The summed E-state index contributed by atoms with van der Waals surface area (Å²) in [5.74, 6) is 0.121. The van der Waals surface area contributed by atoms with E-state index in [4.69, 9.17) is 11.6 Å². The summed E-state index contributed by atoms with van der Waals surface area (Å²) in [5, 5.41) is 14.7. The smallest absolute Gasteiger partial charge is 0.256 e. The van der Waals surface area contributed by atoms with E-state index in [2.05, 4.69) is 20.8 Å². The molecule has 3 rings (SSSR count). The lowest BCUT2D eigenvalue weighted by molar-refractivity contribution is -0.113. The van der Waals surface area contributed by atoms with Crippen molar-refractivity contribution >= 4 is 46.7 Å². The standard InChI is InChI=1S/C20H17ClN4O2S/c1-13-2-4-14(5-3-13)20(27)23-17-10-11-19(25-24-17)28-12-18(26)22-16-8-6-15(21)7-9-16/h2-11H,12H2,1H3,(H,22,26)(H,23,24,27). The minimum Gasteiger partial charge on any atom is -0.325 e. The van der Waals surface area contributed by atoms with Crippen LogP contribution in [0.2, 0.25) is 5.02 Å². The molecule has 142 valence electrons. The number of thioether (sulfide) groups is 1. The summed E-state index contributed by atoms with van der Waals surface area (Å²) in [6.07, 6.45) is 0. The number of nitrogens with one attached hydrogen (secondary N) is 2. The number of anilines is 2. The van der Waals surface area contributed by atoms with Gasteiger partial charge in [-0.15, -0.1) is 10.2 Å². The molecule has 1 aromatic heterocycles. The predicted molar refractivity (Wildman–Crippen MR) is 112 cm³/mol. The largest absolute Gasteiger partial charge is 0.325 e. The van der Waals surface area contributed by atoms with E-state index in [1.807, 2.05) is 19.1 Å². The molecule has 0 bridgehead atoms. The lowest BCUT2D eigenvalue weighted by atomic mass is 10.1. The third-order valence-electron chi connectivity index (χ3n) is 3.67. The maximum atomic E-state index is 12.2. The number of benzene rings is 2. The molecule has 0 aliphatic carbocycles. The molecule has 0 saturated carbocycles. The number of aryl methyl sites for hydroxylation is 1. The summed E-state index contributed by atoms with van der Waals surface area (Å²) >= 11 is 7.07. The number of nitrogens with zero attached hydrogens (tertiary/aromatic N) is 2. The zero-order chi connectivity index (χ0) is 19.9. The predicted octanol–water partition coefficient (Wildman–Crippen LogP) is 4.42. The van der Waals surface area contributed by atoms with Gasteiger partial charge < -0.3 is 10.6 Å². The Morgan fingerprint density at radius 2 is 1.64 bits per heavy atom. The van der Waals surface area contributed by atoms with Crippen molar-refractivity contribution in [3.63, 3.8) is 0 Å². The minimum absolute atomic E-state index is 0.161. The Labute approximate surface area is 171 Å². The van der Waals surface area contributed by atoms with Crippen molar-refractivity contribution in [2.45, 2.75) is 11.9 Å². The summed E-state index contributed by atoms with van der Waals surface area (Å²) < 4.78 is 0. The summed E-state index contributed by atoms with van der Waals surface area (Å²) in [6.45, 7) is 1.96. The zero-order valence-corrected chi connectivity index (χ0v) is 16.6. The Morgan fingerprint density at radius 1 is 0.929 bits per heavy atom. The van der Waals surface area contributed by atoms with Crippen molar-refractivity contribution in [2.24, 2.45) is 0 Å². The molecule has 3 aromatic rings. The molecule has 0 radical (unpaired) electrons. The number of aromatic nitrogens is 2. The second-order valence-corrected chi connectivity index (χ2v) is 7.35. The van der Waals surface area contributed by atoms with Gasteiger partial charge in [-0.25, -0.2) is 0 Å². The molecule has 2 amide bonds. The lowest BCUT2D eigenvalue weighted by Gasteiger charge is -2.06. The van der Waals surface area contributed by atoms with Crippen LogP contribution in [-0.4, -0.2) is 27.8 Å². The second kappa shape index (κ2) is 9.34. The van der Waals surface area contributed by atoms with Crippen molar-refractivity contribution in [2.75, 3.05) is 16.4 Å². The van der Waals surface area contributed by atoms with E-state index >= 15 is 0 Å². The highest BCUT2D eigenvalue weighted by molar-refractivity contribution is 7.99. The molecule has 0 aliphatic heterocycles. The molecule has 0 spiro atoms. The van der Waals surface area contributed by atoms with Gasteiger partial charge in [-0.2, -0.15) is 0 Å². The van der Waals surface area contributed by atoms with Gasteiger partial charge in [0.05, 0.1) is 5.75 Å². The van der Waals surface area contributed by atoms with Gasteiger partial charge >= 0.3 is 0 Å². The average Bonchev–Trinajstić information content (AvgIpc) is 2.70. The van der Waals surface area contributed by atoms with Crippen LogP contribution in [0.3, 0.4) is 0 Å². The maximum absolute atomic E-state index is 12.2. The van der Waals surface area contributed by atoms with Crippen LogP contribution < -0.4 is 10.6 Å². The summed E-state index contributed by atoms with van der Waals surface area (Å²) in [7, 11) is 0. The normalized spacial score (nSPS) is 10.4. The van der Waals surface area contributed by atoms with Crippen LogP contribution in [0.15, 0.2) is 65.7 Å². The Hall–Kier alpha value is -2.90. The van der Waals surface area contributed by atoms with Gasteiger partial charge in [-0.05, 0) is 55.5 Å². The number of hydrogen-bond acceptors (Lipinski definition) is 5. The first-order valence-electron chi connectivity index (χ1n) is 8.39. The number of amides is 2. The highest BCUT2D eigenvalue weighted by Crippen LogP contribution is 2.18. The van der Waals surface area contributed by atoms with Crippen molar-refractivity contribution in [1.29, 1.82) is 0 Å². The van der Waals surface area contributed by atoms with E-state index in [0.717, 1.165) is 5.56 Å². The molecular weight excluding hydrogens is 396 g/mol. The van der Waals surface area contributed by atoms with Gasteiger partial charge in [-0.1, -0.05) is 41.1 Å². The van der Waals surface area contributed by atoms with Crippen LogP contribution in [0, 0.1) is 6.92 Å². The highest BCUT2D eigenvalue weighted by Gasteiger charge is 2.08. The Bertz CT molecular complexity index is 961. The van der Waals surface area contributed by atoms with Crippen LogP contribution in [0.4, 0.5) is 11.5 Å². The Morgan fingerprint density at radius 3 is 2.29 bits per heavy atom. The van der Waals surface area contributed by atoms with E-state index in [9.17, 15) is 9.59 Å². The number of carbonyl (C=O) groups excluding carboxylic acids is 2. The highest BCUT2D eigenvalue weighted by atomic mass is 35.5. The Balaban J connectivity index is 1.49. The minimum atomic E-state index is -0.253. The quantitative estimate of drug-likeness (QED) is 0.585. The molecule has 0 fully saturated rings. The van der Waals surface area contributed by atoms with E-state index in [1.54, 1.807) is 48.5 Å². The molecule has 0 unspecified atom stereocenters. The maximum Gasteiger partial charge on any atom is 0.256 e. The fourth-order valence-electron chi connectivity index (χ4n) is 2.23. The molecule has 6 nitrogen and oxygen atoms in total. The molecule has 0 atom stereocenters. The first-order chi connectivity index (χ1) is 13.5. The number of hydrogen-bond donors (Lipinski definition) is 2. The van der Waals surface area contributed by atoms with E-state index in [0.29, 0.717) is 27.1 Å². The average molecular weight is 413 g/mol. The molecular formula is C20H17ClN4O2S. The van der Waals surface area contributed by atoms with Crippen molar-refractivity contribution in [3.8, 4) is 0 Å². The van der Waals surface area contributed by atoms with Crippen LogP contribution in [0.1, 0.15) is 15.9 Å². The van der Waals surface area contributed by atoms with Gasteiger partial charge in [0.2, 0.25) is 5.91 Å². The summed E-state index contributed by atoms with van der Waals surface area (Å²) in [5.41, 5.74) is 2.30. The molecule has 0 saturated heterocycles. The van der Waals surface area contributed by atoms with Crippen LogP contribution in [-0.2, 0) is 4.79 Å². The third kappa shape index (κ3) is 5.80. The summed E-state index contributed by atoms with van der Waals surface area (Å²) in [6, 6.07) is 17.5. The fraction of sp³-hybridized carbons (Fsp3) is 0.100. The van der Waals surface area contributed by atoms with Crippen molar-refractivity contribution < 1.29 is 9.59 Å². The fourth-order valence-corrected chi connectivity index (χ4v) is 2.97. The van der Waals surface area contributed by atoms with Gasteiger partial charge in [0.15, 0.2) is 5.82 Å². The molecule has 28 heavy (non-hydrogen) atoms. The summed E-state index contributed by atoms with van der Waals surface area (Å²) in [4.78, 5) is 24.2. The van der Waals surface area contributed by atoms with Crippen molar-refractivity contribution in [1.82, 2.24) is 10.2 Å². The molecule has 1 heterocycles. The van der Waals surface area contributed by atoms with Crippen LogP contribution >= 0.6 is 23.4 Å². The molecule has 0 aliphatic rings. The van der Waals surface area contributed by atoms with Gasteiger partial charge in [0.25, 0.3) is 5.91 Å². The molecule has 2 N–H and O–H groups in total. The monoisotopic (exact) mass is 412 g/mol. The SMILES string of the molecule is Cc1ccc(C(=O)Nc2ccc(SCC(=O)Nc3ccc(Cl)cc3)nn2)cc1. The van der Waals surface area contributed by atoms with Crippen molar-refractivity contribution in [3.05, 3.63) is 76.8 Å². The Kier molecular flexibility index (Phi) is 6.62. The zero-order valence-electron chi connectivity index (χ0n) is 15.0.